The van der Waals surface area contributed by atoms with Crippen molar-refractivity contribution < 1.29 is 8.78 Å². The first-order chi connectivity index (χ1) is 8.32. The third kappa shape index (κ3) is 2.56. The maximum absolute atomic E-state index is 13.3. The van der Waals surface area contributed by atoms with E-state index in [9.17, 15) is 8.78 Å². The molecule has 0 bridgehead atoms. The maximum atomic E-state index is 13.3. The van der Waals surface area contributed by atoms with Gasteiger partial charge in [0.1, 0.15) is 11.6 Å². The molecule has 1 nitrogen and oxygen atoms in total. The number of benzene rings is 1. The molecule has 0 saturated carbocycles. The van der Waals surface area contributed by atoms with Crippen molar-refractivity contribution in [2.75, 3.05) is 6.54 Å². The van der Waals surface area contributed by atoms with Gasteiger partial charge in [0.2, 0.25) is 0 Å². The zero-order valence-electron chi connectivity index (χ0n) is 11.3. The first-order valence-electron chi connectivity index (χ1n) is 6.52. The SMILES string of the molecule is CC(C)(C)C1(Cc2cc(F)cc(F)c2)CCCN1. The van der Waals surface area contributed by atoms with Crippen molar-refractivity contribution in [2.24, 2.45) is 5.41 Å². The molecule has 0 aromatic heterocycles. The Morgan fingerprint density at radius 3 is 2.22 bits per heavy atom. The molecule has 1 atom stereocenters. The fraction of sp³-hybridized carbons (Fsp3) is 0.600. The molecule has 0 spiro atoms. The van der Waals surface area contributed by atoms with E-state index in [-0.39, 0.29) is 11.0 Å². The highest BCUT2D eigenvalue weighted by Gasteiger charge is 2.43. The van der Waals surface area contributed by atoms with Gasteiger partial charge in [-0.15, -0.1) is 0 Å². The predicted octanol–water partition coefficient (Wildman–Crippen LogP) is 3.68. The van der Waals surface area contributed by atoms with Crippen molar-refractivity contribution in [1.82, 2.24) is 5.32 Å². The molecule has 1 fully saturated rings. The second-order valence-corrected chi connectivity index (χ2v) is 6.32. The third-order valence-electron chi connectivity index (χ3n) is 4.11. The molecule has 0 aliphatic carbocycles. The average Bonchev–Trinajstić information content (AvgIpc) is 2.64. The molecule has 100 valence electrons. The van der Waals surface area contributed by atoms with Crippen LogP contribution in [0.1, 0.15) is 39.2 Å². The van der Waals surface area contributed by atoms with Crippen LogP contribution in [0.4, 0.5) is 8.78 Å². The van der Waals surface area contributed by atoms with Crippen molar-refractivity contribution in [3.05, 3.63) is 35.4 Å². The van der Waals surface area contributed by atoms with Gasteiger partial charge in [-0.1, -0.05) is 20.8 Å². The molecule has 2 rings (SSSR count). The number of hydrogen-bond donors (Lipinski definition) is 1. The summed E-state index contributed by atoms with van der Waals surface area (Å²) in [5, 5.41) is 3.55. The van der Waals surface area contributed by atoms with Crippen molar-refractivity contribution in [3.63, 3.8) is 0 Å². The Kier molecular flexibility index (Phi) is 3.45. The summed E-state index contributed by atoms with van der Waals surface area (Å²) in [6.07, 6.45) is 2.84. The summed E-state index contributed by atoms with van der Waals surface area (Å²) in [5.41, 5.74) is 0.733. The maximum Gasteiger partial charge on any atom is 0.126 e. The van der Waals surface area contributed by atoms with E-state index in [0.29, 0.717) is 6.42 Å². The van der Waals surface area contributed by atoms with E-state index in [1.54, 1.807) is 0 Å². The van der Waals surface area contributed by atoms with Crippen LogP contribution in [0.2, 0.25) is 0 Å². The Bertz CT molecular complexity index is 408. The lowest BCUT2D eigenvalue weighted by Crippen LogP contribution is -2.52. The zero-order valence-corrected chi connectivity index (χ0v) is 11.3. The van der Waals surface area contributed by atoms with Crippen molar-refractivity contribution in [1.29, 1.82) is 0 Å². The Labute approximate surface area is 108 Å². The zero-order chi connectivity index (χ0) is 13.4. The van der Waals surface area contributed by atoms with E-state index < -0.39 is 11.6 Å². The minimum atomic E-state index is -0.493. The highest BCUT2D eigenvalue weighted by Crippen LogP contribution is 2.40. The highest BCUT2D eigenvalue weighted by atomic mass is 19.1. The summed E-state index contributed by atoms with van der Waals surface area (Å²) in [6.45, 7) is 7.53. The summed E-state index contributed by atoms with van der Waals surface area (Å²) >= 11 is 0. The normalized spacial score (nSPS) is 24.5. The van der Waals surface area contributed by atoms with Gasteiger partial charge in [-0.3, -0.25) is 0 Å². The van der Waals surface area contributed by atoms with Gasteiger partial charge in [0.05, 0.1) is 0 Å². The molecular formula is C15H21F2N. The topological polar surface area (TPSA) is 12.0 Å². The Morgan fingerprint density at radius 1 is 1.17 bits per heavy atom. The lowest BCUT2D eigenvalue weighted by Gasteiger charge is -2.42. The molecule has 3 heteroatoms. The van der Waals surface area contributed by atoms with Gasteiger partial charge in [0.25, 0.3) is 0 Å². The van der Waals surface area contributed by atoms with E-state index in [1.807, 2.05) is 0 Å². The lowest BCUT2D eigenvalue weighted by atomic mass is 9.69. The molecule has 1 heterocycles. The molecular weight excluding hydrogens is 232 g/mol. The lowest BCUT2D eigenvalue weighted by molar-refractivity contribution is 0.159. The summed E-state index contributed by atoms with van der Waals surface area (Å²) in [6, 6.07) is 3.81. The van der Waals surface area contributed by atoms with Crippen LogP contribution in [0.15, 0.2) is 18.2 Å². The second-order valence-electron chi connectivity index (χ2n) is 6.32. The van der Waals surface area contributed by atoms with Crippen LogP contribution in [0.25, 0.3) is 0 Å². The van der Waals surface area contributed by atoms with Crippen LogP contribution in [0.3, 0.4) is 0 Å². The van der Waals surface area contributed by atoms with E-state index in [4.69, 9.17) is 0 Å². The van der Waals surface area contributed by atoms with Crippen molar-refractivity contribution >= 4 is 0 Å². The Morgan fingerprint density at radius 2 is 1.78 bits per heavy atom. The summed E-state index contributed by atoms with van der Waals surface area (Å²) in [4.78, 5) is 0. The molecule has 0 amide bonds. The van der Waals surface area contributed by atoms with Gasteiger partial charge in [0, 0.05) is 11.6 Å². The van der Waals surface area contributed by atoms with Crippen LogP contribution in [-0.2, 0) is 6.42 Å². The minimum Gasteiger partial charge on any atom is -0.310 e. The smallest absolute Gasteiger partial charge is 0.126 e. The van der Waals surface area contributed by atoms with Crippen LogP contribution in [-0.4, -0.2) is 12.1 Å². The number of halogens is 2. The molecule has 1 aliphatic rings. The summed E-state index contributed by atoms with van der Waals surface area (Å²) in [5.74, 6) is -0.987. The molecule has 1 aromatic carbocycles. The van der Waals surface area contributed by atoms with Crippen LogP contribution in [0.5, 0.6) is 0 Å². The van der Waals surface area contributed by atoms with Crippen molar-refractivity contribution in [2.45, 2.75) is 45.6 Å². The number of nitrogens with one attached hydrogen (secondary N) is 1. The Hall–Kier alpha value is -0.960. The fourth-order valence-corrected chi connectivity index (χ4v) is 2.92. The van der Waals surface area contributed by atoms with Gasteiger partial charge in [-0.25, -0.2) is 8.78 Å². The average molecular weight is 253 g/mol. The summed E-state index contributed by atoms with van der Waals surface area (Å²) < 4.78 is 26.5. The first-order valence-corrected chi connectivity index (χ1v) is 6.52. The quantitative estimate of drug-likeness (QED) is 0.848. The largest absolute Gasteiger partial charge is 0.310 e. The van der Waals surface area contributed by atoms with Gasteiger partial charge in [-0.05, 0) is 48.9 Å². The van der Waals surface area contributed by atoms with Gasteiger partial charge < -0.3 is 5.32 Å². The molecule has 1 unspecified atom stereocenters. The Balaban J connectivity index is 2.29. The molecule has 1 N–H and O–H groups in total. The molecule has 1 saturated heterocycles. The fourth-order valence-electron chi connectivity index (χ4n) is 2.92. The van der Waals surface area contributed by atoms with E-state index in [2.05, 4.69) is 26.1 Å². The van der Waals surface area contributed by atoms with E-state index in [1.165, 1.54) is 12.1 Å². The van der Waals surface area contributed by atoms with Gasteiger partial charge in [-0.2, -0.15) is 0 Å². The van der Waals surface area contributed by atoms with Gasteiger partial charge >= 0.3 is 0 Å². The standard InChI is InChI=1S/C15H21F2N/c1-14(2,3)15(5-4-6-18-15)10-11-7-12(16)9-13(17)8-11/h7-9,18H,4-6,10H2,1-3H3. The van der Waals surface area contributed by atoms with Crippen LogP contribution >= 0.6 is 0 Å². The van der Waals surface area contributed by atoms with Crippen molar-refractivity contribution in [3.8, 4) is 0 Å². The second kappa shape index (κ2) is 4.61. The van der Waals surface area contributed by atoms with E-state index >= 15 is 0 Å². The number of rotatable bonds is 2. The molecule has 1 aromatic rings. The van der Waals surface area contributed by atoms with Crippen LogP contribution in [0, 0.1) is 17.0 Å². The van der Waals surface area contributed by atoms with Gasteiger partial charge in [0.15, 0.2) is 0 Å². The minimum absolute atomic E-state index is 0.0618. The molecule has 0 radical (unpaired) electrons. The molecule has 18 heavy (non-hydrogen) atoms. The predicted molar refractivity (Wildman–Crippen MR) is 69.5 cm³/mol. The van der Waals surface area contributed by atoms with E-state index in [0.717, 1.165) is 31.0 Å². The third-order valence-corrected chi connectivity index (χ3v) is 4.11. The summed E-state index contributed by atoms with van der Waals surface area (Å²) in [7, 11) is 0. The highest BCUT2D eigenvalue weighted by molar-refractivity contribution is 5.22. The molecule has 1 aliphatic heterocycles. The number of hydrogen-bond acceptors (Lipinski definition) is 1. The van der Waals surface area contributed by atoms with Crippen LogP contribution < -0.4 is 5.32 Å². The first kappa shape index (κ1) is 13.5. The monoisotopic (exact) mass is 253 g/mol.